The van der Waals surface area contributed by atoms with Gasteiger partial charge in [0.25, 0.3) is 0 Å². The number of nitrogens with two attached hydrogens (primary N) is 1. The lowest BCUT2D eigenvalue weighted by atomic mass is 10.3. The van der Waals surface area contributed by atoms with E-state index in [0.29, 0.717) is 0 Å². The molecule has 0 atom stereocenters. The van der Waals surface area contributed by atoms with Gasteiger partial charge in [0.15, 0.2) is 0 Å². The average molecular weight is 276 g/mol. The molecule has 1 aromatic rings. The second-order valence-electron chi connectivity index (χ2n) is 2.27. The van der Waals surface area contributed by atoms with Crippen LogP contribution in [0.3, 0.4) is 0 Å². The van der Waals surface area contributed by atoms with Crippen LogP contribution in [0.15, 0.2) is 24.3 Å². The van der Waals surface area contributed by atoms with Crippen LogP contribution in [0.2, 0.25) is 0 Å². The van der Waals surface area contributed by atoms with Crippen molar-refractivity contribution in [2.24, 2.45) is 5.73 Å². The van der Waals surface area contributed by atoms with Gasteiger partial charge in [-0.05, 0) is 46.9 Å². The summed E-state index contributed by atoms with van der Waals surface area (Å²) in [4.78, 5) is 0. The Bertz CT molecular complexity index is 271. The normalized spacial score (nSPS) is 9.42. The molecule has 0 aromatic heterocycles. The molecule has 3 nitrogen and oxygen atoms in total. The maximum atomic E-state index is 6.94. The highest BCUT2D eigenvalue weighted by Crippen LogP contribution is 2.12. The summed E-state index contributed by atoms with van der Waals surface area (Å²) in [7, 11) is 0. The summed E-state index contributed by atoms with van der Waals surface area (Å²) in [5, 5.41) is 6.94. The number of rotatable bonds is 3. The van der Waals surface area contributed by atoms with Crippen LogP contribution in [0.5, 0.6) is 5.75 Å². The molecule has 0 radical (unpaired) electrons. The van der Waals surface area contributed by atoms with Crippen LogP contribution < -0.4 is 10.5 Å². The lowest BCUT2D eigenvalue weighted by Crippen LogP contribution is -2.19. The van der Waals surface area contributed by atoms with Crippen LogP contribution in [0.4, 0.5) is 0 Å². The molecule has 0 heterocycles. The van der Waals surface area contributed by atoms with Crippen molar-refractivity contribution in [3.8, 4) is 5.75 Å². The monoisotopic (exact) mass is 276 g/mol. The summed E-state index contributed by atoms with van der Waals surface area (Å²) in [6.07, 6.45) is 0. The Morgan fingerprint density at radius 2 is 2.00 bits per heavy atom. The predicted molar refractivity (Wildman–Crippen MR) is 56.6 cm³/mol. The minimum atomic E-state index is 0.0357. The van der Waals surface area contributed by atoms with Gasteiger partial charge in [-0.25, -0.2) is 0 Å². The summed E-state index contributed by atoms with van der Waals surface area (Å²) in [5.74, 6) is 0.777. The molecule has 0 bridgehead atoms. The van der Waals surface area contributed by atoms with E-state index in [1.807, 2.05) is 24.3 Å². The van der Waals surface area contributed by atoms with Crippen LogP contribution >= 0.6 is 22.6 Å². The van der Waals surface area contributed by atoms with Crippen molar-refractivity contribution in [1.29, 1.82) is 5.41 Å². The standard InChI is InChI=1S/C8H9IN2O/c9-6-1-3-7(4-2-6)12-5-8(10)11/h1-4H,5H2,(H3,10,11). The number of ether oxygens (including phenoxy) is 1. The van der Waals surface area contributed by atoms with Crippen molar-refractivity contribution in [3.05, 3.63) is 27.8 Å². The molecule has 0 aliphatic carbocycles. The summed E-state index contributed by atoms with van der Waals surface area (Å²) in [6, 6.07) is 7.58. The van der Waals surface area contributed by atoms with Crippen LogP contribution in [0.1, 0.15) is 0 Å². The third-order valence-corrected chi connectivity index (χ3v) is 1.93. The summed E-state index contributed by atoms with van der Waals surface area (Å²) < 4.78 is 6.32. The molecular formula is C8H9IN2O. The maximum Gasteiger partial charge on any atom is 0.145 e. The van der Waals surface area contributed by atoms with Crippen molar-refractivity contribution < 1.29 is 4.74 Å². The van der Waals surface area contributed by atoms with Gasteiger partial charge in [0.2, 0.25) is 0 Å². The molecule has 0 aliphatic heterocycles. The fraction of sp³-hybridized carbons (Fsp3) is 0.125. The fourth-order valence-corrected chi connectivity index (χ4v) is 1.05. The van der Waals surface area contributed by atoms with Crippen molar-refractivity contribution in [3.63, 3.8) is 0 Å². The van der Waals surface area contributed by atoms with E-state index in [2.05, 4.69) is 22.6 Å². The van der Waals surface area contributed by atoms with E-state index in [4.69, 9.17) is 15.9 Å². The quantitative estimate of drug-likeness (QED) is 0.500. The number of hydrogen-bond acceptors (Lipinski definition) is 2. The Morgan fingerprint density at radius 3 is 2.50 bits per heavy atom. The van der Waals surface area contributed by atoms with Crippen molar-refractivity contribution >= 4 is 28.4 Å². The molecule has 12 heavy (non-hydrogen) atoms. The van der Waals surface area contributed by atoms with Crippen molar-refractivity contribution in [1.82, 2.24) is 0 Å². The molecule has 3 N–H and O–H groups in total. The Balaban J connectivity index is 2.53. The van der Waals surface area contributed by atoms with Gasteiger partial charge in [-0.15, -0.1) is 0 Å². The molecule has 0 saturated heterocycles. The zero-order chi connectivity index (χ0) is 8.97. The van der Waals surface area contributed by atoms with Gasteiger partial charge in [-0.2, -0.15) is 0 Å². The molecule has 0 saturated carbocycles. The van der Waals surface area contributed by atoms with Crippen molar-refractivity contribution in [2.45, 2.75) is 0 Å². The largest absolute Gasteiger partial charge is 0.486 e. The molecule has 0 amide bonds. The first-order valence-corrected chi connectivity index (χ1v) is 4.47. The van der Waals surface area contributed by atoms with Gasteiger partial charge in [0, 0.05) is 3.57 Å². The minimum absolute atomic E-state index is 0.0357. The molecule has 4 heteroatoms. The van der Waals surface area contributed by atoms with E-state index in [9.17, 15) is 0 Å². The van der Waals surface area contributed by atoms with Gasteiger partial charge in [-0.3, -0.25) is 5.41 Å². The number of benzene rings is 1. The molecule has 0 unspecified atom stereocenters. The summed E-state index contributed by atoms with van der Waals surface area (Å²) in [5.41, 5.74) is 5.13. The molecule has 1 rings (SSSR count). The number of hydrogen-bond donors (Lipinski definition) is 2. The molecular weight excluding hydrogens is 267 g/mol. The predicted octanol–water partition coefficient (Wildman–Crippen LogP) is 1.61. The van der Waals surface area contributed by atoms with Gasteiger partial charge >= 0.3 is 0 Å². The Labute approximate surface area is 84.6 Å². The lowest BCUT2D eigenvalue weighted by Gasteiger charge is -2.03. The molecule has 0 aliphatic rings. The maximum absolute atomic E-state index is 6.94. The lowest BCUT2D eigenvalue weighted by molar-refractivity contribution is 0.374. The highest BCUT2D eigenvalue weighted by Gasteiger charge is 1.93. The molecule has 0 fully saturated rings. The first-order valence-electron chi connectivity index (χ1n) is 3.40. The highest BCUT2D eigenvalue weighted by atomic mass is 127. The zero-order valence-corrected chi connectivity index (χ0v) is 8.54. The van der Waals surface area contributed by atoms with Gasteiger partial charge in [0.1, 0.15) is 18.2 Å². The van der Waals surface area contributed by atoms with E-state index in [1.165, 1.54) is 0 Å². The summed E-state index contributed by atoms with van der Waals surface area (Å²) >= 11 is 2.22. The van der Waals surface area contributed by atoms with Gasteiger partial charge < -0.3 is 10.5 Å². The minimum Gasteiger partial charge on any atom is -0.486 e. The number of nitrogens with one attached hydrogen (secondary N) is 1. The number of halogens is 1. The second-order valence-corrected chi connectivity index (χ2v) is 3.51. The number of amidine groups is 1. The van der Waals surface area contributed by atoms with E-state index in [0.717, 1.165) is 9.32 Å². The molecule has 1 aromatic carbocycles. The van der Waals surface area contributed by atoms with Crippen LogP contribution in [0.25, 0.3) is 0 Å². The van der Waals surface area contributed by atoms with Crippen LogP contribution in [-0.2, 0) is 0 Å². The second kappa shape index (κ2) is 4.30. The summed E-state index contributed by atoms with van der Waals surface area (Å²) in [6.45, 7) is 0.153. The Kier molecular flexibility index (Phi) is 3.33. The molecule has 0 spiro atoms. The van der Waals surface area contributed by atoms with Gasteiger partial charge in [0.05, 0.1) is 0 Å². The first-order chi connectivity index (χ1) is 5.68. The van der Waals surface area contributed by atoms with Crippen LogP contribution in [0, 0.1) is 8.98 Å². The molecule has 64 valence electrons. The van der Waals surface area contributed by atoms with Crippen LogP contribution in [-0.4, -0.2) is 12.4 Å². The average Bonchev–Trinajstić information content (AvgIpc) is 2.03. The van der Waals surface area contributed by atoms with Crippen molar-refractivity contribution in [2.75, 3.05) is 6.61 Å². The first kappa shape index (κ1) is 9.31. The SMILES string of the molecule is N=C(N)COc1ccc(I)cc1. The topological polar surface area (TPSA) is 59.1 Å². The Morgan fingerprint density at radius 1 is 1.42 bits per heavy atom. The van der Waals surface area contributed by atoms with Gasteiger partial charge in [-0.1, -0.05) is 0 Å². The van der Waals surface area contributed by atoms with E-state index < -0.39 is 0 Å². The highest BCUT2D eigenvalue weighted by molar-refractivity contribution is 14.1. The Hall–Kier alpha value is -0.780. The van der Waals surface area contributed by atoms with E-state index in [1.54, 1.807) is 0 Å². The fourth-order valence-electron chi connectivity index (χ4n) is 0.692. The third-order valence-electron chi connectivity index (χ3n) is 1.21. The third kappa shape index (κ3) is 3.08. The zero-order valence-electron chi connectivity index (χ0n) is 6.38. The smallest absolute Gasteiger partial charge is 0.145 e. The van der Waals surface area contributed by atoms with E-state index >= 15 is 0 Å². The van der Waals surface area contributed by atoms with E-state index in [-0.39, 0.29) is 12.4 Å².